The van der Waals surface area contributed by atoms with E-state index in [-0.39, 0.29) is 6.67 Å². The molecule has 13 heavy (non-hydrogen) atoms. The van der Waals surface area contributed by atoms with Crippen LogP contribution < -0.4 is 11.1 Å². The highest BCUT2D eigenvalue weighted by atomic mass is 35.5. The molecule has 0 aliphatic carbocycles. The van der Waals surface area contributed by atoms with Crippen LogP contribution in [0.15, 0.2) is 12.1 Å². The van der Waals surface area contributed by atoms with E-state index in [1.807, 2.05) is 0 Å². The number of nitrogens with zero attached hydrogens (tertiary/aromatic N) is 1. The lowest BCUT2D eigenvalue weighted by atomic mass is 10.4. The molecule has 0 radical (unpaired) electrons. The molecule has 72 valence electrons. The molecule has 5 heteroatoms. The molecule has 0 aliphatic rings. The van der Waals surface area contributed by atoms with Crippen molar-refractivity contribution in [1.82, 2.24) is 4.98 Å². The highest BCUT2D eigenvalue weighted by Gasteiger charge is 2.00. The van der Waals surface area contributed by atoms with Crippen LogP contribution in [0.2, 0.25) is 5.15 Å². The number of nitrogen functional groups attached to an aromatic ring is 1. The van der Waals surface area contributed by atoms with Gasteiger partial charge >= 0.3 is 0 Å². The van der Waals surface area contributed by atoms with Gasteiger partial charge in [0.25, 0.3) is 0 Å². The van der Waals surface area contributed by atoms with Gasteiger partial charge in [0, 0.05) is 6.54 Å². The molecular formula is C8H11ClFN3. The summed E-state index contributed by atoms with van der Waals surface area (Å²) in [5.74, 6) is 0.515. The minimum absolute atomic E-state index is 0.354. The normalized spacial score (nSPS) is 10.0. The van der Waals surface area contributed by atoms with E-state index in [2.05, 4.69) is 10.3 Å². The Labute approximate surface area is 81.1 Å². The highest BCUT2D eigenvalue weighted by Crippen LogP contribution is 2.17. The van der Waals surface area contributed by atoms with Crippen molar-refractivity contribution in [3.63, 3.8) is 0 Å². The fraction of sp³-hybridized carbons (Fsp3) is 0.375. The quantitative estimate of drug-likeness (QED) is 0.582. The first-order valence-electron chi connectivity index (χ1n) is 3.96. The number of halogens is 2. The Kier molecular flexibility index (Phi) is 3.76. The molecule has 3 N–H and O–H groups in total. The highest BCUT2D eigenvalue weighted by molar-refractivity contribution is 6.29. The molecule has 0 aliphatic heterocycles. The molecule has 0 saturated heterocycles. The number of nitrogens with two attached hydrogens (primary N) is 1. The lowest BCUT2D eigenvalue weighted by Crippen LogP contribution is -2.06. The third-order valence-corrected chi connectivity index (χ3v) is 1.71. The van der Waals surface area contributed by atoms with Gasteiger partial charge in [0.05, 0.1) is 12.4 Å². The summed E-state index contributed by atoms with van der Waals surface area (Å²) < 4.78 is 11.8. The fourth-order valence-electron chi connectivity index (χ4n) is 0.861. The van der Waals surface area contributed by atoms with Crippen LogP contribution in [0.1, 0.15) is 6.42 Å². The van der Waals surface area contributed by atoms with Gasteiger partial charge in [0.1, 0.15) is 5.15 Å². The van der Waals surface area contributed by atoms with E-state index in [4.69, 9.17) is 17.3 Å². The minimum atomic E-state index is -0.354. The third-order valence-electron chi connectivity index (χ3n) is 1.50. The first-order valence-corrected chi connectivity index (χ1v) is 4.33. The number of alkyl halides is 1. The Morgan fingerprint density at radius 2 is 2.31 bits per heavy atom. The SMILES string of the molecule is Nc1ccc(Cl)nc1NCCCF. The van der Waals surface area contributed by atoms with Gasteiger partial charge in [-0.3, -0.25) is 4.39 Å². The Morgan fingerprint density at radius 3 is 3.00 bits per heavy atom. The van der Waals surface area contributed by atoms with Crippen molar-refractivity contribution in [3.05, 3.63) is 17.3 Å². The largest absolute Gasteiger partial charge is 0.396 e. The number of nitrogens with one attached hydrogen (secondary N) is 1. The lowest BCUT2D eigenvalue weighted by Gasteiger charge is -2.06. The zero-order valence-corrected chi connectivity index (χ0v) is 7.81. The maximum atomic E-state index is 11.8. The number of anilines is 2. The number of pyridine rings is 1. The van der Waals surface area contributed by atoms with Crippen molar-refractivity contribution in [2.75, 3.05) is 24.3 Å². The average Bonchev–Trinajstić information content (AvgIpc) is 2.11. The summed E-state index contributed by atoms with van der Waals surface area (Å²) in [5.41, 5.74) is 6.11. The van der Waals surface area contributed by atoms with E-state index in [9.17, 15) is 4.39 Å². The molecule has 1 aromatic heterocycles. The van der Waals surface area contributed by atoms with Crippen molar-refractivity contribution in [2.45, 2.75) is 6.42 Å². The summed E-state index contributed by atoms with van der Waals surface area (Å²) in [5, 5.41) is 3.27. The maximum absolute atomic E-state index is 11.8. The molecule has 1 heterocycles. The van der Waals surface area contributed by atoms with Gasteiger partial charge in [-0.05, 0) is 18.6 Å². The molecule has 0 fully saturated rings. The van der Waals surface area contributed by atoms with Gasteiger partial charge in [0.15, 0.2) is 5.82 Å². The van der Waals surface area contributed by atoms with Crippen LogP contribution >= 0.6 is 11.6 Å². The second-order valence-electron chi connectivity index (χ2n) is 2.54. The van der Waals surface area contributed by atoms with E-state index in [0.717, 1.165) is 0 Å². The number of hydrogen-bond acceptors (Lipinski definition) is 3. The Bertz CT molecular complexity index is 280. The molecule has 0 bridgehead atoms. The molecule has 0 atom stereocenters. The van der Waals surface area contributed by atoms with Gasteiger partial charge in [0.2, 0.25) is 0 Å². The summed E-state index contributed by atoms with van der Waals surface area (Å²) in [6.45, 7) is 0.154. The zero-order chi connectivity index (χ0) is 9.68. The molecule has 0 amide bonds. The van der Waals surface area contributed by atoms with Gasteiger partial charge in [-0.2, -0.15) is 0 Å². The second kappa shape index (κ2) is 4.87. The van der Waals surface area contributed by atoms with Crippen molar-refractivity contribution in [1.29, 1.82) is 0 Å². The first kappa shape index (κ1) is 10.1. The standard InChI is InChI=1S/C8H11ClFN3/c9-7-3-2-6(11)8(13-7)12-5-1-4-10/h2-3H,1,4-5,11H2,(H,12,13). The van der Waals surface area contributed by atoms with E-state index >= 15 is 0 Å². The van der Waals surface area contributed by atoms with Crippen molar-refractivity contribution >= 4 is 23.1 Å². The Hall–Kier alpha value is -1.03. The van der Waals surface area contributed by atoms with Gasteiger partial charge in [-0.25, -0.2) is 4.98 Å². The van der Waals surface area contributed by atoms with Crippen LogP contribution in [-0.4, -0.2) is 18.2 Å². The molecule has 3 nitrogen and oxygen atoms in total. The number of hydrogen-bond donors (Lipinski definition) is 2. The van der Waals surface area contributed by atoms with Crippen LogP contribution in [0.25, 0.3) is 0 Å². The monoisotopic (exact) mass is 203 g/mol. The van der Waals surface area contributed by atoms with Crippen LogP contribution in [0, 0.1) is 0 Å². The van der Waals surface area contributed by atoms with Crippen molar-refractivity contribution < 1.29 is 4.39 Å². The van der Waals surface area contributed by atoms with E-state index in [1.165, 1.54) is 0 Å². The van der Waals surface area contributed by atoms with Gasteiger partial charge in [-0.1, -0.05) is 11.6 Å². The minimum Gasteiger partial charge on any atom is -0.396 e. The summed E-state index contributed by atoms with van der Waals surface area (Å²) in [6, 6.07) is 3.27. The number of rotatable bonds is 4. The van der Waals surface area contributed by atoms with E-state index in [1.54, 1.807) is 12.1 Å². The molecule has 1 rings (SSSR count). The third kappa shape index (κ3) is 3.06. The van der Waals surface area contributed by atoms with E-state index in [0.29, 0.717) is 29.6 Å². The molecule has 1 aromatic rings. The van der Waals surface area contributed by atoms with Crippen LogP contribution in [-0.2, 0) is 0 Å². The van der Waals surface area contributed by atoms with Crippen LogP contribution in [0.5, 0.6) is 0 Å². The Balaban J connectivity index is 2.59. The molecular weight excluding hydrogens is 193 g/mol. The maximum Gasteiger partial charge on any atom is 0.150 e. The van der Waals surface area contributed by atoms with E-state index < -0.39 is 0 Å². The zero-order valence-electron chi connectivity index (χ0n) is 7.06. The van der Waals surface area contributed by atoms with Crippen molar-refractivity contribution in [3.8, 4) is 0 Å². The predicted molar refractivity (Wildman–Crippen MR) is 52.7 cm³/mol. The average molecular weight is 204 g/mol. The second-order valence-corrected chi connectivity index (χ2v) is 2.93. The smallest absolute Gasteiger partial charge is 0.150 e. The van der Waals surface area contributed by atoms with Gasteiger partial charge in [-0.15, -0.1) is 0 Å². The molecule has 0 spiro atoms. The summed E-state index contributed by atoms with van der Waals surface area (Å²) in [7, 11) is 0. The Morgan fingerprint density at radius 1 is 1.54 bits per heavy atom. The molecule has 0 saturated carbocycles. The van der Waals surface area contributed by atoms with Crippen LogP contribution in [0.3, 0.4) is 0 Å². The number of aromatic nitrogens is 1. The summed E-state index contributed by atoms with van der Waals surface area (Å²) in [4.78, 5) is 3.95. The molecule has 0 aromatic carbocycles. The summed E-state index contributed by atoms with van der Waals surface area (Å²) in [6.07, 6.45) is 0.438. The summed E-state index contributed by atoms with van der Waals surface area (Å²) >= 11 is 5.65. The first-order chi connectivity index (χ1) is 6.24. The fourth-order valence-corrected chi connectivity index (χ4v) is 1.01. The predicted octanol–water partition coefficient (Wildman–Crippen LogP) is 2.09. The topological polar surface area (TPSA) is 50.9 Å². The molecule has 0 unspecified atom stereocenters. The van der Waals surface area contributed by atoms with Gasteiger partial charge < -0.3 is 11.1 Å². The lowest BCUT2D eigenvalue weighted by molar-refractivity contribution is 0.481. The van der Waals surface area contributed by atoms with Crippen LogP contribution in [0.4, 0.5) is 15.9 Å². The van der Waals surface area contributed by atoms with Crippen molar-refractivity contribution in [2.24, 2.45) is 0 Å².